The van der Waals surface area contributed by atoms with Gasteiger partial charge in [0.1, 0.15) is 64.4 Å². The van der Waals surface area contributed by atoms with Crippen LogP contribution in [0.5, 0.6) is 0 Å². The van der Waals surface area contributed by atoms with Gasteiger partial charge in [0.15, 0.2) is 11.2 Å². The predicted octanol–water partition coefficient (Wildman–Crippen LogP) is 2.60. The van der Waals surface area contributed by atoms with Crippen molar-refractivity contribution in [2.75, 3.05) is 52.5 Å². The molecule has 0 aromatic carbocycles. The standard InChI is InChI=1S/C23H24N8O4.C12H14ClN3O.C12H12N4O3/c1-13-6-16(27-35-13)10-31-22(33)20-21(28(2)23(31)34)24-12-30(20)11-19(32)26-17-4-3-5-18(25-17)29-8-14-7-15(14)9-29;13-5-12(17)15-10-2-1-3-11(14-10)16-6-8-4-9(8)7-16;1-7-5-8(14-19-7)6-16-11(17)9-3-4-13-10(9)15(2)12(16)18/h3-6,12,14-15H,7-11H2,1-2H3,(H,25,26,32);1-3,8-9H,4-7H2,(H,14,15,17);4-5H,3,6H2,1-2H3. The number of aromatic nitrogens is 10. The van der Waals surface area contributed by atoms with Crippen molar-refractivity contribution in [2.24, 2.45) is 42.8 Å². The van der Waals surface area contributed by atoms with Crippen LogP contribution in [0.1, 0.15) is 41.3 Å². The van der Waals surface area contributed by atoms with Crippen LogP contribution in [0.4, 0.5) is 29.1 Å². The summed E-state index contributed by atoms with van der Waals surface area (Å²) in [5, 5.41) is 13.2. The number of nitrogens with zero attached hydrogens (tertiary/aromatic N) is 13. The molecule has 7 aromatic heterocycles. The number of imidazole rings is 1. The highest BCUT2D eigenvalue weighted by molar-refractivity contribution is 6.29. The Hall–Kier alpha value is -7.95. The minimum Gasteiger partial charge on any atom is -0.361 e. The largest absolute Gasteiger partial charge is 0.361 e. The van der Waals surface area contributed by atoms with E-state index in [1.807, 2.05) is 24.3 Å². The van der Waals surface area contributed by atoms with E-state index in [0.717, 1.165) is 70.6 Å². The molecule has 0 radical (unpaired) electrons. The summed E-state index contributed by atoms with van der Waals surface area (Å²) in [5.41, 5.74) is 0.109. The van der Waals surface area contributed by atoms with E-state index in [4.69, 9.17) is 20.6 Å². The molecule has 10 heterocycles. The first-order valence-electron chi connectivity index (χ1n) is 23.1. The SMILES string of the molecule is Cc1cc(Cn2c(=O)c3c(n(C)c2=O)N=CC3)no1.Cc1cc(Cn2c(=O)c3c(ncn3CC(=O)Nc3cccc(N4CC5CC5C4)n3)n(C)c2=O)no1.O=C(CCl)Nc1cccc(N2CC3CC3C2)n1. The maximum absolute atomic E-state index is 13.2. The molecule has 2 N–H and O–H groups in total. The zero-order chi connectivity index (χ0) is 49.7. The van der Waals surface area contributed by atoms with Gasteiger partial charge < -0.3 is 34.0 Å². The minimum atomic E-state index is -0.554. The van der Waals surface area contributed by atoms with E-state index < -0.39 is 16.9 Å². The highest BCUT2D eigenvalue weighted by atomic mass is 35.5. The lowest BCUT2D eigenvalue weighted by Gasteiger charge is -2.19. The van der Waals surface area contributed by atoms with E-state index in [2.05, 4.69) is 50.7 Å². The van der Waals surface area contributed by atoms with Gasteiger partial charge in [-0.25, -0.2) is 29.5 Å². The molecule has 7 aromatic rings. The number of piperidine rings is 2. The maximum atomic E-state index is 13.2. The number of aryl methyl sites for hydroxylation is 3. The summed E-state index contributed by atoms with van der Waals surface area (Å²) in [5.74, 6) is 7.17. The fourth-order valence-corrected chi connectivity index (χ4v) is 9.50. The van der Waals surface area contributed by atoms with Crippen molar-refractivity contribution < 1.29 is 18.6 Å². The van der Waals surface area contributed by atoms with Crippen LogP contribution in [0.15, 0.2) is 88.1 Å². The van der Waals surface area contributed by atoms with Crippen LogP contribution in [0.2, 0.25) is 0 Å². The van der Waals surface area contributed by atoms with Gasteiger partial charge in [-0.15, -0.1) is 11.6 Å². The molecule has 12 rings (SSSR count). The molecule has 4 fully saturated rings. The molecule has 71 heavy (non-hydrogen) atoms. The van der Waals surface area contributed by atoms with Crippen LogP contribution < -0.4 is 42.9 Å². The summed E-state index contributed by atoms with van der Waals surface area (Å²) >= 11 is 5.44. The Kier molecular flexibility index (Phi) is 12.6. The minimum absolute atomic E-state index is 0.0419. The lowest BCUT2D eigenvalue weighted by molar-refractivity contribution is -0.116. The van der Waals surface area contributed by atoms with Gasteiger partial charge in [0.05, 0.1) is 25.0 Å². The summed E-state index contributed by atoms with van der Waals surface area (Å²) in [7, 11) is 3.14. The monoisotopic (exact) mass is 987 g/mol. The summed E-state index contributed by atoms with van der Waals surface area (Å²) in [6.07, 6.45) is 6.16. The number of hydrogen-bond donors (Lipinski definition) is 2. The average Bonchev–Trinajstić information content (AvgIpc) is 3.81. The molecule has 368 valence electrons. The predicted molar refractivity (Wildman–Crippen MR) is 262 cm³/mol. The number of fused-ring (bicyclic) bond motifs is 4. The van der Waals surface area contributed by atoms with Gasteiger partial charge in [-0.3, -0.25) is 37.4 Å². The Morgan fingerprint density at radius 3 is 1.76 bits per heavy atom. The lowest BCUT2D eigenvalue weighted by atomic mass is 10.2. The van der Waals surface area contributed by atoms with Gasteiger partial charge >= 0.3 is 11.4 Å². The zero-order valence-corrected chi connectivity index (χ0v) is 40.1. The molecule has 4 unspecified atom stereocenters. The molecule has 3 aliphatic heterocycles. The fourth-order valence-electron chi connectivity index (χ4n) is 9.44. The van der Waals surface area contributed by atoms with Crippen molar-refractivity contribution >= 4 is 69.9 Å². The van der Waals surface area contributed by atoms with E-state index in [1.54, 1.807) is 51.4 Å². The third-order valence-electron chi connectivity index (χ3n) is 13.3. The molecule has 2 aliphatic carbocycles. The number of carbonyl (C=O) groups is 2. The quantitative estimate of drug-likeness (QED) is 0.177. The van der Waals surface area contributed by atoms with E-state index in [0.29, 0.717) is 52.3 Å². The number of anilines is 4. The number of carbonyl (C=O) groups excluding carboxylic acids is 2. The summed E-state index contributed by atoms with van der Waals surface area (Å²) in [6.45, 7) is 7.60. The van der Waals surface area contributed by atoms with Gasteiger partial charge in [0, 0.05) is 65.0 Å². The number of nitrogens with one attached hydrogen (secondary N) is 2. The van der Waals surface area contributed by atoms with Crippen LogP contribution in [0.25, 0.3) is 11.2 Å². The maximum Gasteiger partial charge on any atom is 0.332 e. The Labute approximate surface area is 408 Å². The number of rotatable bonds is 11. The van der Waals surface area contributed by atoms with Gasteiger partial charge in [0.25, 0.3) is 11.1 Å². The third-order valence-corrected chi connectivity index (χ3v) is 13.5. The average molecular weight is 988 g/mol. The van der Waals surface area contributed by atoms with Crippen LogP contribution in [-0.2, 0) is 49.7 Å². The number of pyridine rings is 2. The molecule has 2 saturated heterocycles. The van der Waals surface area contributed by atoms with Crippen LogP contribution in [-0.4, -0.2) is 98.2 Å². The summed E-state index contributed by atoms with van der Waals surface area (Å²) in [6, 6.07) is 14.6. The molecule has 0 bridgehead atoms. The number of halogens is 1. The molecule has 4 atom stereocenters. The lowest BCUT2D eigenvalue weighted by Crippen LogP contribution is -2.40. The molecule has 5 aliphatic rings. The highest BCUT2D eigenvalue weighted by Gasteiger charge is 2.46. The van der Waals surface area contributed by atoms with E-state index in [-0.39, 0.29) is 54.1 Å². The Bertz CT molecular complexity index is 3470. The first-order valence-corrected chi connectivity index (χ1v) is 23.7. The van der Waals surface area contributed by atoms with Crippen molar-refractivity contribution in [3.8, 4) is 0 Å². The van der Waals surface area contributed by atoms with Crippen molar-refractivity contribution in [3.63, 3.8) is 0 Å². The number of alkyl halides is 1. The number of aliphatic imine (C=N–C) groups is 1. The second-order valence-corrected chi connectivity index (χ2v) is 18.8. The van der Waals surface area contributed by atoms with Crippen LogP contribution in [0, 0.1) is 37.5 Å². The van der Waals surface area contributed by atoms with E-state index in [1.165, 1.54) is 39.9 Å². The van der Waals surface area contributed by atoms with Gasteiger partial charge in [-0.1, -0.05) is 22.4 Å². The normalized spacial score (nSPS) is 18.8. The molecule has 0 spiro atoms. The van der Waals surface area contributed by atoms with Gasteiger partial charge in [-0.2, -0.15) is 0 Å². The number of hydrogen-bond acceptors (Lipinski definition) is 16. The van der Waals surface area contributed by atoms with Gasteiger partial charge in [0.2, 0.25) is 11.8 Å². The van der Waals surface area contributed by atoms with Crippen LogP contribution >= 0.6 is 11.6 Å². The topological polar surface area (TPSA) is 261 Å². The Morgan fingerprint density at radius 2 is 1.24 bits per heavy atom. The molecule has 2 saturated carbocycles. The molecule has 24 heteroatoms. The Balaban J connectivity index is 0.000000136. The fraction of sp³-hybridized carbons (Fsp3) is 0.404. The summed E-state index contributed by atoms with van der Waals surface area (Å²) < 4.78 is 16.3. The van der Waals surface area contributed by atoms with Crippen LogP contribution in [0.3, 0.4) is 0 Å². The molecule has 2 amide bonds. The van der Waals surface area contributed by atoms with Crippen molar-refractivity contribution in [3.05, 3.63) is 125 Å². The second-order valence-electron chi connectivity index (χ2n) is 18.5. The second kappa shape index (κ2) is 19.1. The smallest absolute Gasteiger partial charge is 0.332 e. The van der Waals surface area contributed by atoms with Crippen molar-refractivity contribution in [1.82, 2.24) is 48.1 Å². The van der Waals surface area contributed by atoms with Crippen molar-refractivity contribution in [2.45, 2.75) is 52.7 Å². The van der Waals surface area contributed by atoms with Gasteiger partial charge in [-0.05, 0) is 74.6 Å². The Morgan fingerprint density at radius 1 is 0.718 bits per heavy atom. The molecule has 23 nitrogen and oxygen atoms in total. The first-order chi connectivity index (χ1) is 34.2. The zero-order valence-electron chi connectivity index (χ0n) is 39.3. The van der Waals surface area contributed by atoms with Crippen molar-refractivity contribution in [1.29, 1.82) is 0 Å². The first kappa shape index (κ1) is 46.8. The number of amides is 2. The summed E-state index contributed by atoms with van der Waals surface area (Å²) in [4.78, 5) is 96.3. The molecular formula is C47H50ClN15O8. The van der Waals surface area contributed by atoms with E-state index in [9.17, 15) is 28.8 Å². The highest BCUT2D eigenvalue weighted by Crippen LogP contribution is 2.46. The molecular weight excluding hydrogens is 938 g/mol. The van der Waals surface area contributed by atoms with E-state index >= 15 is 0 Å². The third kappa shape index (κ3) is 9.81.